The third-order valence-electron chi connectivity index (χ3n) is 3.42. The number of esters is 1. The molecule has 0 aliphatic heterocycles. The number of rotatable bonds is 3. The van der Waals surface area contributed by atoms with Crippen molar-refractivity contribution in [3.05, 3.63) is 64.9 Å². The number of carbonyl (C=O) groups excluding carboxylic acids is 1. The number of fused-ring (bicyclic) bond motifs is 1. The molecule has 0 bridgehead atoms. The van der Waals surface area contributed by atoms with Crippen LogP contribution in [0, 0.1) is 4.77 Å². The largest absolute Gasteiger partial charge is 0.467 e. The number of H-pyrrole nitrogens is 1. The third-order valence-corrected chi connectivity index (χ3v) is 3.72. The monoisotopic (exact) mass is 298 g/mol. The molecule has 0 spiro atoms. The van der Waals surface area contributed by atoms with E-state index in [0.29, 0.717) is 4.77 Å². The maximum absolute atomic E-state index is 12.3. The van der Waals surface area contributed by atoms with Gasteiger partial charge in [-0.3, -0.25) is 4.57 Å². The van der Waals surface area contributed by atoms with Gasteiger partial charge in [0.25, 0.3) is 0 Å². The molecule has 3 aromatic rings. The fourth-order valence-corrected chi connectivity index (χ4v) is 2.78. The van der Waals surface area contributed by atoms with Crippen LogP contribution < -0.4 is 0 Å². The number of para-hydroxylation sites is 2. The van der Waals surface area contributed by atoms with Crippen LogP contribution in [0.2, 0.25) is 0 Å². The zero-order valence-corrected chi connectivity index (χ0v) is 12.3. The summed E-state index contributed by atoms with van der Waals surface area (Å²) >= 11 is 5.40. The molecular formula is C16H14N2O2S. The Kier molecular flexibility index (Phi) is 3.58. The lowest BCUT2D eigenvalue weighted by Crippen LogP contribution is -2.22. The number of ether oxygens (including phenoxy) is 1. The number of nitrogens with zero attached hydrogens (tertiary/aromatic N) is 1. The van der Waals surface area contributed by atoms with E-state index in [1.807, 2.05) is 54.6 Å². The average molecular weight is 298 g/mol. The molecule has 21 heavy (non-hydrogen) atoms. The van der Waals surface area contributed by atoms with Gasteiger partial charge in [-0.15, -0.1) is 0 Å². The fourth-order valence-electron chi connectivity index (χ4n) is 2.47. The average Bonchev–Trinajstić information content (AvgIpc) is 2.85. The van der Waals surface area contributed by atoms with Crippen LogP contribution in [0.5, 0.6) is 0 Å². The summed E-state index contributed by atoms with van der Waals surface area (Å²) in [5, 5.41) is 0. The van der Waals surface area contributed by atoms with Gasteiger partial charge in [0.05, 0.1) is 18.1 Å². The first-order valence-electron chi connectivity index (χ1n) is 6.54. The summed E-state index contributed by atoms with van der Waals surface area (Å²) in [7, 11) is 1.39. The Bertz CT molecular complexity index is 836. The molecule has 1 atom stereocenters. The number of hydrogen-bond donors (Lipinski definition) is 1. The summed E-state index contributed by atoms with van der Waals surface area (Å²) in [6, 6.07) is 16.6. The number of aromatic nitrogens is 2. The number of benzene rings is 2. The minimum Gasteiger partial charge on any atom is -0.467 e. The molecule has 0 radical (unpaired) electrons. The number of carbonyl (C=O) groups is 1. The summed E-state index contributed by atoms with van der Waals surface area (Å²) in [6.45, 7) is 0. The van der Waals surface area contributed by atoms with Crippen molar-refractivity contribution in [3.63, 3.8) is 0 Å². The molecule has 4 nitrogen and oxygen atoms in total. The highest BCUT2D eigenvalue weighted by molar-refractivity contribution is 7.71. The van der Waals surface area contributed by atoms with Gasteiger partial charge in [0.2, 0.25) is 0 Å². The van der Waals surface area contributed by atoms with E-state index in [1.54, 1.807) is 4.57 Å². The van der Waals surface area contributed by atoms with Crippen molar-refractivity contribution in [3.8, 4) is 0 Å². The maximum atomic E-state index is 12.3. The van der Waals surface area contributed by atoms with Crippen LogP contribution in [-0.4, -0.2) is 22.6 Å². The van der Waals surface area contributed by atoms with Crippen LogP contribution >= 0.6 is 12.2 Å². The van der Waals surface area contributed by atoms with E-state index in [0.717, 1.165) is 16.6 Å². The van der Waals surface area contributed by atoms with Crippen molar-refractivity contribution in [1.29, 1.82) is 0 Å². The Morgan fingerprint density at radius 1 is 1.14 bits per heavy atom. The van der Waals surface area contributed by atoms with Crippen LogP contribution in [0.3, 0.4) is 0 Å². The Morgan fingerprint density at radius 3 is 2.52 bits per heavy atom. The molecule has 1 heterocycles. The molecule has 0 fully saturated rings. The molecule has 2 aromatic carbocycles. The van der Waals surface area contributed by atoms with Crippen molar-refractivity contribution < 1.29 is 9.53 Å². The Morgan fingerprint density at radius 2 is 1.81 bits per heavy atom. The molecule has 0 aliphatic rings. The maximum Gasteiger partial charge on any atom is 0.333 e. The molecule has 0 saturated carbocycles. The van der Waals surface area contributed by atoms with E-state index < -0.39 is 6.04 Å². The predicted octanol–water partition coefficient (Wildman–Crippen LogP) is 3.46. The fraction of sp³-hybridized carbons (Fsp3) is 0.125. The minimum atomic E-state index is -0.597. The van der Waals surface area contributed by atoms with E-state index in [4.69, 9.17) is 17.0 Å². The first-order valence-corrected chi connectivity index (χ1v) is 6.95. The van der Waals surface area contributed by atoms with Crippen LogP contribution in [0.25, 0.3) is 11.0 Å². The first kappa shape index (κ1) is 13.6. The lowest BCUT2D eigenvalue weighted by molar-refractivity contribution is -0.143. The topological polar surface area (TPSA) is 47.0 Å². The molecule has 106 valence electrons. The highest BCUT2D eigenvalue weighted by Gasteiger charge is 2.25. The second kappa shape index (κ2) is 5.54. The summed E-state index contributed by atoms with van der Waals surface area (Å²) < 4.78 is 7.27. The van der Waals surface area contributed by atoms with Crippen LogP contribution in [0.15, 0.2) is 54.6 Å². The lowest BCUT2D eigenvalue weighted by Gasteiger charge is -2.17. The van der Waals surface area contributed by atoms with Crippen molar-refractivity contribution in [2.24, 2.45) is 0 Å². The van der Waals surface area contributed by atoms with Gasteiger partial charge >= 0.3 is 5.97 Å². The Labute approximate surface area is 127 Å². The van der Waals surface area contributed by atoms with Gasteiger partial charge in [0.15, 0.2) is 10.8 Å². The first-order chi connectivity index (χ1) is 10.2. The lowest BCUT2D eigenvalue weighted by atomic mass is 10.1. The van der Waals surface area contributed by atoms with Gasteiger partial charge in [0, 0.05) is 0 Å². The highest BCUT2D eigenvalue weighted by atomic mass is 32.1. The number of nitrogens with one attached hydrogen (secondary N) is 1. The Hall–Kier alpha value is -2.40. The number of hydrogen-bond acceptors (Lipinski definition) is 3. The molecule has 5 heteroatoms. The Balaban J connectivity index is 2.27. The van der Waals surface area contributed by atoms with E-state index in [-0.39, 0.29) is 5.97 Å². The second-order valence-electron chi connectivity index (χ2n) is 4.65. The van der Waals surface area contributed by atoms with Crippen molar-refractivity contribution in [2.75, 3.05) is 7.11 Å². The highest BCUT2D eigenvalue weighted by Crippen LogP contribution is 2.25. The van der Waals surface area contributed by atoms with E-state index in [2.05, 4.69) is 4.98 Å². The summed E-state index contributed by atoms with van der Waals surface area (Å²) in [6.07, 6.45) is 0. The van der Waals surface area contributed by atoms with E-state index in [9.17, 15) is 4.79 Å². The van der Waals surface area contributed by atoms with Gasteiger partial charge < -0.3 is 9.72 Å². The molecule has 0 aliphatic carbocycles. The summed E-state index contributed by atoms with van der Waals surface area (Å²) in [5.74, 6) is -0.345. The molecule has 0 saturated heterocycles. The van der Waals surface area contributed by atoms with Crippen molar-refractivity contribution in [2.45, 2.75) is 6.04 Å². The molecular weight excluding hydrogens is 284 g/mol. The zero-order valence-electron chi connectivity index (χ0n) is 11.4. The zero-order chi connectivity index (χ0) is 14.8. The molecule has 0 amide bonds. The van der Waals surface area contributed by atoms with Gasteiger partial charge in [-0.25, -0.2) is 4.79 Å². The van der Waals surface area contributed by atoms with Crippen LogP contribution in [-0.2, 0) is 9.53 Å². The SMILES string of the molecule is COC(=O)C(c1ccccc1)n1c(=S)[nH]c2ccccc21. The predicted molar refractivity (Wildman–Crippen MR) is 83.7 cm³/mol. The number of imidazole rings is 1. The van der Waals surface area contributed by atoms with Gasteiger partial charge in [0.1, 0.15) is 0 Å². The van der Waals surface area contributed by atoms with E-state index >= 15 is 0 Å². The van der Waals surface area contributed by atoms with Crippen LogP contribution in [0.1, 0.15) is 11.6 Å². The van der Waals surface area contributed by atoms with E-state index in [1.165, 1.54) is 7.11 Å². The summed E-state index contributed by atoms with van der Waals surface area (Å²) in [4.78, 5) is 15.4. The molecule has 3 rings (SSSR count). The van der Waals surface area contributed by atoms with Gasteiger partial charge in [-0.2, -0.15) is 0 Å². The van der Waals surface area contributed by atoms with Gasteiger partial charge in [-0.05, 0) is 29.9 Å². The van der Waals surface area contributed by atoms with Gasteiger partial charge in [-0.1, -0.05) is 42.5 Å². The molecule has 1 N–H and O–H groups in total. The summed E-state index contributed by atoms with van der Waals surface area (Å²) in [5.41, 5.74) is 2.61. The number of aromatic amines is 1. The standard InChI is InChI=1S/C16H14N2O2S/c1-20-15(19)14(11-7-3-2-4-8-11)18-13-10-6-5-9-12(13)17-16(18)21/h2-10,14H,1H3,(H,17,21). The molecule has 1 unspecified atom stereocenters. The van der Waals surface area contributed by atoms with Crippen molar-refractivity contribution in [1.82, 2.24) is 9.55 Å². The minimum absolute atomic E-state index is 0.345. The third kappa shape index (κ3) is 2.36. The normalized spacial score (nSPS) is 12.2. The smallest absolute Gasteiger partial charge is 0.333 e. The molecule has 1 aromatic heterocycles. The number of methoxy groups -OCH3 is 1. The second-order valence-corrected chi connectivity index (χ2v) is 5.04. The van der Waals surface area contributed by atoms with Crippen LogP contribution in [0.4, 0.5) is 0 Å². The quantitative estimate of drug-likeness (QED) is 0.595. The van der Waals surface area contributed by atoms with Crippen molar-refractivity contribution >= 4 is 29.2 Å².